The second-order valence-corrected chi connectivity index (χ2v) is 5.77. The fraction of sp³-hybridized carbons (Fsp3) is 0.250. The lowest BCUT2D eigenvalue weighted by molar-refractivity contribution is 0.726. The molecule has 0 atom stereocenters. The van der Waals surface area contributed by atoms with Gasteiger partial charge in [-0.3, -0.25) is 0 Å². The molecule has 5 heteroatoms. The van der Waals surface area contributed by atoms with Gasteiger partial charge in [0.25, 0.3) is 0 Å². The molecule has 1 aromatic heterocycles. The number of rotatable bonds is 4. The van der Waals surface area contributed by atoms with E-state index in [1.807, 2.05) is 17.1 Å². The van der Waals surface area contributed by atoms with Gasteiger partial charge in [-0.05, 0) is 62.8 Å². The highest BCUT2D eigenvalue weighted by molar-refractivity contribution is 14.1. The van der Waals surface area contributed by atoms with Gasteiger partial charge >= 0.3 is 0 Å². The van der Waals surface area contributed by atoms with Crippen LogP contribution < -0.4 is 5.32 Å². The van der Waals surface area contributed by atoms with Crippen LogP contribution in [-0.4, -0.2) is 16.3 Å². The third kappa shape index (κ3) is 3.29. The average molecular weight is 406 g/mol. The largest absolute Gasteiger partial charge is 0.313 e. The number of nitrogens with one attached hydrogen (secondary N) is 1. The van der Waals surface area contributed by atoms with Gasteiger partial charge in [0.05, 0.1) is 15.5 Å². The fourth-order valence-electron chi connectivity index (χ4n) is 1.55. The Morgan fingerprint density at radius 1 is 1.47 bits per heavy atom. The molecule has 17 heavy (non-hydrogen) atoms. The second-order valence-electron chi connectivity index (χ2n) is 3.67. The third-order valence-electron chi connectivity index (χ3n) is 2.39. The lowest BCUT2D eigenvalue weighted by Gasteiger charge is -2.07. The van der Waals surface area contributed by atoms with E-state index in [1.165, 1.54) is 5.56 Å². The van der Waals surface area contributed by atoms with Crippen LogP contribution in [0.4, 0.5) is 0 Å². The van der Waals surface area contributed by atoms with Crippen LogP contribution in [-0.2, 0) is 6.54 Å². The number of benzene rings is 1. The maximum Gasteiger partial charge on any atom is 0.0788 e. The Kier molecular flexibility index (Phi) is 4.58. The quantitative estimate of drug-likeness (QED) is 0.790. The Morgan fingerprint density at radius 2 is 2.29 bits per heavy atom. The van der Waals surface area contributed by atoms with Crippen LogP contribution >= 0.6 is 38.5 Å². The van der Waals surface area contributed by atoms with Gasteiger partial charge in [-0.2, -0.15) is 5.10 Å². The molecule has 0 aliphatic carbocycles. The summed E-state index contributed by atoms with van der Waals surface area (Å²) in [7, 11) is 0. The Balaban J connectivity index is 2.25. The van der Waals surface area contributed by atoms with E-state index in [2.05, 4.69) is 74.1 Å². The maximum atomic E-state index is 4.30. The van der Waals surface area contributed by atoms with Gasteiger partial charge in [0.15, 0.2) is 0 Å². The van der Waals surface area contributed by atoms with Crippen molar-refractivity contribution in [2.24, 2.45) is 0 Å². The molecule has 0 spiro atoms. The van der Waals surface area contributed by atoms with Gasteiger partial charge in [0.1, 0.15) is 0 Å². The minimum Gasteiger partial charge on any atom is -0.313 e. The van der Waals surface area contributed by atoms with Crippen LogP contribution in [0.5, 0.6) is 0 Å². The topological polar surface area (TPSA) is 29.9 Å². The first-order valence-corrected chi connectivity index (χ1v) is 7.27. The molecule has 2 aromatic rings. The zero-order valence-corrected chi connectivity index (χ0v) is 13.2. The zero-order chi connectivity index (χ0) is 12.3. The SMILES string of the molecule is CCNCc1ccc(-n2cc(I)cn2)c(Br)c1. The first kappa shape index (κ1) is 13.0. The van der Waals surface area contributed by atoms with Crippen molar-refractivity contribution in [3.05, 3.63) is 44.2 Å². The minimum atomic E-state index is 0.895. The van der Waals surface area contributed by atoms with E-state index < -0.39 is 0 Å². The summed E-state index contributed by atoms with van der Waals surface area (Å²) >= 11 is 5.85. The molecular weight excluding hydrogens is 393 g/mol. The maximum absolute atomic E-state index is 4.30. The van der Waals surface area contributed by atoms with Crippen molar-refractivity contribution in [3.63, 3.8) is 0 Å². The van der Waals surface area contributed by atoms with Crippen molar-refractivity contribution >= 4 is 38.5 Å². The monoisotopic (exact) mass is 405 g/mol. The number of hydrogen-bond donors (Lipinski definition) is 1. The predicted molar refractivity (Wildman–Crippen MR) is 81.4 cm³/mol. The van der Waals surface area contributed by atoms with Gasteiger partial charge in [-0.1, -0.05) is 13.0 Å². The van der Waals surface area contributed by atoms with Crippen molar-refractivity contribution in [3.8, 4) is 5.69 Å². The van der Waals surface area contributed by atoms with E-state index in [0.717, 1.165) is 26.8 Å². The van der Waals surface area contributed by atoms with E-state index in [9.17, 15) is 0 Å². The minimum absolute atomic E-state index is 0.895. The van der Waals surface area contributed by atoms with E-state index in [1.54, 1.807) is 0 Å². The van der Waals surface area contributed by atoms with Crippen LogP contribution in [0.3, 0.4) is 0 Å². The van der Waals surface area contributed by atoms with Crippen molar-refractivity contribution in [1.29, 1.82) is 0 Å². The smallest absolute Gasteiger partial charge is 0.0788 e. The van der Waals surface area contributed by atoms with Crippen LogP contribution in [0.25, 0.3) is 5.69 Å². The zero-order valence-electron chi connectivity index (χ0n) is 9.45. The van der Waals surface area contributed by atoms with Crippen LogP contribution in [0.15, 0.2) is 35.1 Å². The molecule has 2 rings (SSSR count). The molecule has 0 amide bonds. The molecule has 0 radical (unpaired) electrons. The summed E-state index contributed by atoms with van der Waals surface area (Å²) in [4.78, 5) is 0. The molecule has 0 saturated heterocycles. The summed E-state index contributed by atoms with van der Waals surface area (Å²) in [6, 6.07) is 6.34. The molecule has 0 aliphatic heterocycles. The molecule has 0 bridgehead atoms. The summed E-state index contributed by atoms with van der Waals surface area (Å²) in [6.45, 7) is 3.98. The highest BCUT2D eigenvalue weighted by Crippen LogP contribution is 2.22. The molecule has 1 heterocycles. The summed E-state index contributed by atoms with van der Waals surface area (Å²) in [5.74, 6) is 0. The number of aromatic nitrogens is 2. The van der Waals surface area contributed by atoms with Gasteiger partial charge in [0, 0.05) is 17.2 Å². The number of nitrogens with zero attached hydrogens (tertiary/aromatic N) is 2. The first-order valence-electron chi connectivity index (χ1n) is 5.40. The van der Waals surface area contributed by atoms with Crippen molar-refractivity contribution in [1.82, 2.24) is 15.1 Å². The Bertz CT molecular complexity index is 510. The molecule has 3 nitrogen and oxygen atoms in total. The lowest BCUT2D eigenvalue weighted by atomic mass is 10.2. The van der Waals surface area contributed by atoms with Crippen molar-refractivity contribution in [2.45, 2.75) is 13.5 Å². The fourth-order valence-corrected chi connectivity index (χ4v) is 2.54. The van der Waals surface area contributed by atoms with Crippen LogP contribution in [0.1, 0.15) is 12.5 Å². The van der Waals surface area contributed by atoms with Crippen molar-refractivity contribution in [2.75, 3.05) is 6.54 Å². The molecule has 0 aliphatic rings. The van der Waals surface area contributed by atoms with E-state index in [4.69, 9.17) is 0 Å². The predicted octanol–water partition coefficient (Wildman–Crippen LogP) is 3.35. The number of halogens is 2. The third-order valence-corrected chi connectivity index (χ3v) is 3.58. The standard InChI is InChI=1S/C12H13BrIN3/c1-2-15-6-9-3-4-12(11(13)5-9)17-8-10(14)7-16-17/h3-5,7-8,15H,2,6H2,1H3. The molecule has 0 fully saturated rings. The van der Waals surface area contributed by atoms with Gasteiger partial charge in [0.2, 0.25) is 0 Å². The number of hydrogen-bond acceptors (Lipinski definition) is 2. The molecule has 1 aromatic carbocycles. The highest BCUT2D eigenvalue weighted by atomic mass is 127. The van der Waals surface area contributed by atoms with Crippen LogP contribution in [0, 0.1) is 3.57 Å². The first-order chi connectivity index (χ1) is 8.20. The average Bonchev–Trinajstić information content (AvgIpc) is 2.73. The molecule has 1 N–H and O–H groups in total. The molecular formula is C12H13BrIN3. The summed E-state index contributed by atoms with van der Waals surface area (Å²) in [5.41, 5.74) is 2.33. The van der Waals surface area contributed by atoms with E-state index >= 15 is 0 Å². The Hall–Kier alpha value is -0.400. The lowest BCUT2D eigenvalue weighted by Crippen LogP contribution is -2.11. The highest BCUT2D eigenvalue weighted by Gasteiger charge is 2.05. The van der Waals surface area contributed by atoms with Crippen LogP contribution in [0.2, 0.25) is 0 Å². The second kappa shape index (κ2) is 5.97. The molecule has 0 saturated carbocycles. The summed E-state index contributed by atoms with van der Waals surface area (Å²) in [6.07, 6.45) is 3.85. The molecule has 90 valence electrons. The van der Waals surface area contributed by atoms with Gasteiger partial charge in [-0.15, -0.1) is 0 Å². The Morgan fingerprint density at radius 3 is 2.88 bits per heavy atom. The van der Waals surface area contributed by atoms with Crippen molar-refractivity contribution < 1.29 is 0 Å². The van der Waals surface area contributed by atoms with E-state index in [-0.39, 0.29) is 0 Å². The molecule has 0 unspecified atom stereocenters. The van der Waals surface area contributed by atoms with Gasteiger partial charge < -0.3 is 5.32 Å². The van der Waals surface area contributed by atoms with Gasteiger partial charge in [-0.25, -0.2) is 4.68 Å². The summed E-state index contributed by atoms with van der Waals surface area (Å²) < 4.78 is 4.07. The normalized spacial score (nSPS) is 10.8. The Labute approximate surface area is 123 Å². The van der Waals surface area contributed by atoms with E-state index in [0.29, 0.717) is 0 Å². The summed E-state index contributed by atoms with van der Waals surface area (Å²) in [5, 5.41) is 7.61.